The predicted octanol–water partition coefficient (Wildman–Crippen LogP) is 5.39. The Kier molecular flexibility index (Phi) is 8.19. The van der Waals surface area contributed by atoms with Gasteiger partial charge in [-0.25, -0.2) is 4.39 Å². The second kappa shape index (κ2) is 11.4. The van der Waals surface area contributed by atoms with Crippen LogP contribution in [0, 0.1) is 5.82 Å². The molecule has 0 fully saturated rings. The summed E-state index contributed by atoms with van der Waals surface area (Å²) in [4.78, 5) is 12.7. The van der Waals surface area contributed by atoms with Gasteiger partial charge < -0.3 is 14.8 Å². The van der Waals surface area contributed by atoms with E-state index in [1.54, 1.807) is 6.07 Å². The molecule has 15 heteroatoms. The van der Waals surface area contributed by atoms with Gasteiger partial charge >= 0.3 is 6.36 Å². The van der Waals surface area contributed by atoms with Gasteiger partial charge in [-0.3, -0.25) is 10.1 Å². The number of carbonyl (C=O) groups is 1. The van der Waals surface area contributed by atoms with E-state index >= 15 is 0 Å². The van der Waals surface area contributed by atoms with Gasteiger partial charge in [0.15, 0.2) is 11.3 Å². The summed E-state index contributed by atoms with van der Waals surface area (Å²) in [5.41, 5.74) is 1.40. The number of hydrogen-bond donors (Lipinski definition) is 2. The fraction of sp³-hybridized carbons (Fsp3) is 0.318. The first-order chi connectivity index (χ1) is 17.6. The zero-order valence-corrected chi connectivity index (χ0v) is 20.6. The van der Waals surface area contributed by atoms with Crippen LogP contribution in [-0.4, -0.2) is 45.8 Å². The average Bonchev–Trinajstić information content (AvgIpc) is 3.28. The highest BCUT2D eigenvalue weighted by Gasteiger charge is 2.32. The van der Waals surface area contributed by atoms with Gasteiger partial charge in [0, 0.05) is 18.7 Å². The number of nitrogens with zero attached hydrogens (tertiary/aromatic N) is 4. The lowest BCUT2D eigenvalue weighted by Gasteiger charge is -2.22. The van der Waals surface area contributed by atoms with Crippen molar-refractivity contribution in [2.24, 2.45) is 0 Å². The van der Waals surface area contributed by atoms with E-state index in [1.807, 2.05) is 6.07 Å². The predicted molar refractivity (Wildman–Crippen MR) is 128 cm³/mol. The van der Waals surface area contributed by atoms with Gasteiger partial charge in [-0.05, 0) is 55.2 Å². The summed E-state index contributed by atoms with van der Waals surface area (Å²) >= 11 is 6.83. The Morgan fingerprint density at radius 1 is 1.16 bits per heavy atom. The van der Waals surface area contributed by atoms with E-state index in [0.717, 1.165) is 60.8 Å². The molecule has 2 aromatic heterocycles. The van der Waals surface area contributed by atoms with E-state index in [-0.39, 0.29) is 11.2 Å². The number of halogens is 5. The molecule has 0 bridgehead atoms. The number of ether oxygens (including phenoxy) is 2. The van der Waals surface area contributed by atoms with E-state index in [2.05, 4.69) is 41.8 Å². The molecule has 0 saturated heterocycles. The number of hydrogen-bond acceptors (Lipinski definition) is 9. The maximum absolute atomic E-state index is 14.3. The smallest absolute Gasteiger partial charge is 0.406 e. The first-order valence-corrected chi connectivity index (χ1v) is 12.0. The average molecular weight is 559 g/mol. The first-order valence-electron chi connectivity index (χ1n) is 10.8. The number of aromatic nitrogens is 4. The Morgan fingerprint density at radius 3 is 2.59 bits per heavy atom. The van der Waals surface area contributed by atoms with Crippen molar-refractivity contribution < 1.29 is 31.8 Å². The van der Waals surface area contributed by atoms with Crippen molar-refractivity contribution in [1.82, 2.24) is 20.4 Å². The van der Waals surface area contributed by atoms with Gasteiger partial charge in [-0.1, -0.05) is 29.0 Å². The zero-order valence-electron chi connectivity index (χ0n) is 19.1. The number of anilines is 2. The van der Waals surface area contributed by atoms with Gasteiger partial charge in [0.05, 0.1) is 5.69 Å². The van der Waals surface area contributed by atoms with Gasteiger partial charge in [0.1, 0.15) is 11.6 Å². The second-order valence-corrected chi connectivity index (χ2v) is 9.20. The fourth-order valence-corrected chi connectivity index (χ4v) is 4.48. The molecule has 9 nitrogen and oxygen atoms in total. The van der Waals surface area contributed by atoms with Gasteiger partial charge in [-0.15, -0.1) is 33.6 Å². The summed E-state index contributed by atoms with van der Waals surface area (Å²) in [6, 6.07) is 5.87. The maximum atomic E-state index is 14.3. The Hall–Kier alpha value is -3.36. The molecule has 0 radical (unpaired) electrons. The summed E-state index contributed by atoms with van der Waals surface area (Å²) in [5.74, 6) is -2.47. The highest BCUT2D eigenvalue weighted by Crippen LogP contribution is 2.32. The molecule has 37 heavy (non-hydrogen) atoms. The Morgan fingerprint density at radius 2 is 1.95 bits per heavy atom. The maximum Gasteiger partial charge on any atom is 0.573 e. The molecular weight excluding hydrogens is 540 g/mol. The van der Waals surface area contributed by atoms with Crippen LogP contribution in [0.5, 0.6) is 5.75 Å². The summed E-state index contributed by atoms with van der Waals surface area (Å²) < 4.78 is 60.7. The second-order valence-electron chi connectivity index (χ2n) is 7.83. The van der Waals surface area contributed by atoms with Gasteiger partial charge in [0.25, 0.3) is 5.91 Å². The number of amides is 1. The van der Waals surface area contributed by atoms with E-state index in [4.69, 9.17) is 16.3 Å². The van der Waals surface area contributed by atoms with Gasteiger partial charge in [-0.2, -0.15) is 0 Å². The van der Waals surface area contributed by atoms with Crippen LogP contribution >= 0.6 is 22.9 Å². The largest absolute Gasteiger partial charge is 0.573 e. The van der Waals surface area contributed by atoms with Crippen molar-refractivity contribution in [1.29, 1.82) is 0 Å². The normalized spacial score (nSPS) is 16.6. The quantitative estimate of drug-likeness (QED) is 0.354. The van der Waals surface area contributed by atoms with Crippen molar-refractivity contribution in [3.8, 4) is 5.75 Å². The number of alkyl halides is 3. The van der Waals surface area contributed by atoms with Crippen molar-refractivity contribution in [3.63, 3.8) is 0 Å². The highest BCUT2D eigenvalue weighted by molar-refractivity contribution is 7.19. The van der Waals surface area contributed by atoms with Crippen LogP contribution in [0.1, 0.15) is 36.6 Å². The van der Waals surface area contributed by atoms with Crippen LogP contribution in [0.15, 0.2) is 36.4 Å². The molecule has 2 atom stereocenters. The van der Waals surface area contributed by atoms with Crippen LogP contribution in [0.4, 0.5) is 27.8 Å². The summed E-state index contributed by atoms with van der Waals surface area (Å²) in [6.07, 6.45) is -2.24. The summed E-state index contributed by atoms with van der Waals surface area (Å²) in [6.45, 7) is 0. The minimum Gasteiger partial charge on any atom is -0.406 e. The van der Waals surface area contributed by atoms with Crippen molar-refractivity contribution in [2.75, 3.05) is 17.7 Å². The summed E-state index contributed by atoms with van der Waals surface area (Å²) in [5, 5.41) is 22.4. The highest BCUT2D eigenvalue weighted by atomic mass is 35.5. The molecule has 4 rings (SSSR count). The first kappa shape index (κ1) is 26.7. The molecule has 1 amide bonds. The Labute approximate surface area is 216 Å². The molecule has 1 aromatic carbocycles. The van der Waals surface area contributed by atoms with Gasteiger partial charge in [0.2, 0.25) is 10.3 Å². The Balaban J connectivity index is 1.37. The van der Waals surface area contributed by atoms with Crippen LogP contribution < -0.4 is 15.4 Å². The minimum absolute atomic E-state index is 0.0673. The number of benzene rings is 1. The lowest BCUT2D eigenvalue weighted by Crippen LogP contribution is -2.24. The van der Waals surface area contributed by atoms with Crippen molar-refractivity contribution >= 4 is 44.7 Å². The molecule has 0 spiro atoms. The van der Waals surface area contributed by atoms with Crippen molar-refractivity contribution in [3.05, 3.63) is 58.6 Å². The molecule has 0 saturated carbocycles. The summed E-state index contributed by atoms with van der Waals surface area (Å²) in [7, 11) is 1.12. The third kappa shape index (κ3) is 7.11. The molecule has 196 valence electrons. The zero-order chi connectivity index (χ0) is 26.6. The molecule has 1 unspecified atom stereocenters. The Bertz CT molecular complexity index is 1290. The molecule has 2 heterocycles. The number of nitrogens with one attached hydrogen (secondary N) is 2. The lowest BCUT2D eigenvalue weighted by atomic mass is 9.93. The molecule has 1 aliphatic carbocycles. The van der Waals surface area contributed by atoms with Crippen LogP contribution in [0.25, 0.3) is 5.57 Å². The number of carbonyl (C=O) groups excluding carboxylic acids is 1. The van der Waals surface area contributed by atoms with Crippen LogP contribution in [-0.2, 0) is 9.53 Å². The molecule has 3 aromatic rings. The van der Waals surface area contributed by atoms with Crippen LogP contribution in [0.3, 0.4) is 0 Å². The number of rotatable bonds is 8. The van der Waals surface area contributed by atoms with E-state index in [0.29, 0.717) is 16.7 Å². The molecule has 0 aliphatic heterocycles. The number of allylic oxidation sites excluding steroid dienone is 1. The monoisotopic (exact) mass is 558 g/mol. The molecule has 2 N–H and O–H groups in total. The topological polar surface area (TPSA) is 111 Å². The number of methoxy groups -OCH3 is 1. The molecular formula is C22H19ClF4N6O3S. The van der Waals surface area contributed by atoms with E-state index in [9.17, 15) is 22.4 Å². The fourth-order valence-electron chi connectivity index (χ4n) is 3.66. The third-order valence-corrected chi connectivity index (χ3v) is 6.28. The van der Waals surface area contributed by atoms with Crippen molar-refractivity contribution in [2.45, 2.75) is 37.8 Å². The standard InChI is InChI=1S/C22H19ClF4N6O3S/c1-35-18(14-10-13(6-7-15(14)24)36-22(25,26)27)19(34)29-21-33-32-20(37-21)28-12-4-2-11(3-5-12)16-8-9-17(23)31-30-16/h2,6-10,12,18H,3-5H2,1H3,(H,28,32)(H,29,33,34)/t12?,18-/m0/s1. The third-order valence-electron chi connectivity index (χ3n) is 5.31. The molecule has 1 aliphatic rings. The minimum atomic E-state index is -4.98. The van der Waals surface area contributed by atoms with Crippen LogP contribution in [0.2, 0.25) is 5.15 Å². The SMILES string of the molecule is CO[C@H](C(=O)Nc1nnc(NC2CC=C(c3ccc(Cl)nn3)CC2)s1)c1cc(OC(F)(F)F)ccc1F. The van der Waals surface area contributed by atoms with E-state index in [1.165, 1.54) is 0 Å². The van der Waals surface area contributed by atoms with E-state index < -0.39 is 35.5 Å². The lowest BCUT2D eigenvalue weighted by molar-refractivity contribution is -0.274.